The van der Waals surface area contributed by atoms with Crippen LogP contribution in [0.3, 0.4) is 0 Å². The molecule has 200 valence electrons. The standard InChI is InChI=1S/C29H30F3N3O3/c1-34-20-13-7-6-12-19(20)28(14-8-3-9-15-28)21(34)16-18-24(36)22(25(18)37)23-26(29(30,31)32)33-35(27(23)38)17-10-4-2-5-11-17/h2,4-7,10-13,16,18,22,24-25,33,36-37H,3,8-9,14-15H2,1H3/b21-16-. The number of nitrogens with zero attached hydrogens (tertiary/aromatic N) is 2. The van der Waals surface area contributed by atoms with Gasteiger partial charge in [-0.15, -0.1) is 0 Å². The zero-order chi connectivity index (χ0) is 26.8. The minimum Gasteiger partial charge on any atom is -0.392 e. The van der Waals surface area contributed by atoms with Gasteiger partial charge in [-0.2, -0.15) is 13.2 Å². The second-order valence-corrected chi connectivity index (χ2v) is 10.7. The Bertz CT molecular complexity index is 1430. The van der Waals surface area contributed by atoms with Crippen molar-refractivity contribution in [2.45, 2.75) is 61.8 Å². The molecule has 3 aromatic rings. The predicted octanol–water partition coefficient (Wildman–Crippen LogP) is 4.86. The first kappa shape index (κ1) is 25.0. The summed E-state index contributed by atoms with van der Waals surface area (Å²) < 4.78 is 42.9. The van der Waals surface area contributed by atoms with Crippen molar-refractivity contribution in [3.8, 4) is 5.69 Å². The Morgan fingerprint density at radius 2 is 1.61 bits per heavy atom. The van der Waals surface area contributed by atoms with E-state index in [-0.39, 0.29) is 11.1 Å². The highest BCUT2D eigenvalue weighted by Gasteiger charge is 2.55. The Labute approximate surface area is 218 Å². The minimum atomic E-state index is -4.86. The van der Waals surface area contributed by atoms with Gasteiger partial charge in [-0.05, 0) is 36.6 Å². The number of anilines is 1. The summed E-state index contributed by atoms with van der Waals surface area (Å²) in [5.41, 5.74) is 0.431. The Morgan fingerprint density at radius 3 is 2.26 bits per heavy atom. The first-order valence-electron chi connectivity index (χ1n) is 13.0. The van der Waals surface area contributed by atoms with E-state index >= 15 is 0 Å². The lowest BCUT2D eigenvalue weighted by Gasteiger charge is -2.46. The number of aliphatic hydroxyl groups is 2. The normalized spacial score (nSPS) is 27.5. The summed E-state index contributed by atoms with van der Waals surface area (Å²) in [5, 5.41) is 24.6. The van der Waals surface area contributed by atoms with E-state index in [1.54, 1.807) is 18.2 Å². The fourth-order valence-corrected chi connectivity index (χ4v) is 6.90. The van der Waals surface area contributed by atoms with E-state index in [9.17, 15) is 28.2 Å². The molecule has 3 N–H and O–H groups in total. The van der Waals surface area contributed by atoms with E-state index in [1.165, 1.54) is 17.7 Å². The smallest absolute Gasteiger partial charge is 0.392 e. The summed E-state index contributed by atoms with van der Waals surface area (Å²) in [7, 11) is 1.95. The van der Waals surface area contributed by atoms with Crippen molar-refractivity contribution in [3.63, 3.8) is 0 Å². The maximum atomic E-state index is 14.0. The van der Waals surface area contributed by atoms with Crippen molar-refractivity contribution in [2.75, 3.05) is 11.9 Å². The van der Waals surface area contributed by atoms with Gasteiger partial charge in [0.25, 0.3) is 5.56 Å². The molecule has 2 aliphatic carbocycles. The van der Waals surface area contributed by atoms with Crippen LogP contribution < -0.4 is 10.5 Å². The van der Waals surface area contributed by atoms with Crippen LogP contribution in [0.4, 0.5) is 18.9 Å². The second-order valence-electron chi connectivity index (χ2n) is 10.7. The number of H-pyrrole nitrogens is 1. The zero-order valence-corrected chi connectivity index (χ0v) is 20.9. The molecule has 6 nitrogen and oxygen atoms in total. The number of fused-ring (bicyclic) bond motifs is 2. The number of aromatic amines is 1. The highest BCUT2D eigenvalue weighted by molar-refractivity contribution is 5.70. The first-order chi connectivity index (χ1) is 18.1. The number of aliphatic hydroxyl groups excluding tert-OH is 2. The fraction of sp³-hybridized carbons (Fsp3) is 0.414. The summed E-state index contributed by atoms with van der Waals surface area (Å²) in [6, 6.07) is 16.1. The third-order valence-corrected chi connectivity index (χ3v) is 8.77. The molecule has 2 unspecified atom stereocenters. The van der Waals surface area contributed by atoms with Gasteiger partial charge < -0.3 is 15.1 Å². The van der Waals surface area contributed by atoms with Gasteiger partial charge in [-0.25, -0.2) is 4.68 Å². The maximum Gasteiger partial charge on any atom is 0.433 e. The maximum absolute atomic E-state index is 14.0. The third-order valence-electron chi connectivity index (χ3n) is 8.77. The van der Waals surface area contributed by atoms with Gasteiger partial charge in [0.05, 0.1) is 23.5 Å². The summed E-state index contributed by atoms with van der Waals surface area (Å²) >= 11 is 0. The fourth-order valence-electron chi connectivity index (χ4n) is 6.90. The van der Waals surface area contributed by atoms with Gasteiger partial charge in [0.15, 0.2) is 0 Å². The van der Waals surface area contributed by atoms with Crippen LogP contribution in [-0.2, 0) is 11.6 Å². The highest BCUT2D eigenvalue weighted by Crippen LogP contribution is 2.56. The molecule has 6 rings (SSSR count). The summed E-state index contributed by atoms with van der Waals surface area (Å²) in [6.07, 6.45) is -0.610. The van der Waals surface area contributed by atoms with Crippen LogP contribution in [0.2, 0.25) is 0 Å². The molecular formula is C29H30F3N3O3. The topological polar surface area (TPSA) is 81.5 Å². The monoisotopic (exact) mass is 525 g/mol. The number of benzene rings is 2. The SMILES string of the molecule is CN1/C(=C\C2C(O)C(c3c(C(F)(F)F)[nH]n(-c4ccccc4)c3=O)C2O)C2(CCCCC2)c2ccccc21. The molecule has 2 atom stereocenters. The number of likely N-dealkylation sites (N-methyl/N-ethyl adjacent to an activating group) is 1. The average Bonchev–Trinajstić information content (AvgIpc) is 3.36. The van der Waals surface area contributed by atoms with Crippen LogP contribution in [0.25, 0.3) is 5.69 Å². The van der Waals surface area contributed by atoms with Gasteiger partial charge in [0, 0.05) is 35.7 Å². The van der Waals surface area contributed by atoms with E-state index in [2.05, 4.69) is 16.1 Å². The number of hydrogen-bond donors (Lipinski definition) is 3. The van der Waals surface area contributed by atoms with E-state index in [4.69, 9.17) is 0 Å². The highest BCUT2D eigenvalue weighted by atomic mass is 19.4. The molecule has 2 fully saturated rings. The Hall–Kier alpha value is -3.30. The number of nitrogens with one attached hydrogen (secondary N) is 1. The molecule has 0 bridgehead atoms. The summed E-state index contributed by atoms with van der Waals surface area (Å²) in [5.74, 6) is -2.16. The van der Waals surface area contributed by atoms with Gasteiger partial charge >= 0.3 is 6.18 Å². The molecule has 2 saturated carbocycles. The summed E-state index contributed by atoms with van der Waals surface area (Å²) in [6.45, 7) is 0. The Balaban J connectivity index is 1.39. The van der Waals surface area contributed by atoms with Crippen molar-refractivity contribution >= 4 is 5.69 Å². The molecule has 38 heavy (non-hydrogen) atoms. The lowest BCUT2D eigenvalue weighted by Crippen LogP contribution is -2.55. The van der Waals surface area contributed by atoms with Crippen molar-refractivity contribution in [1.82, 2.24) is 9.78 Å². The molecule has 1 aromatic heterocycles. The average molecular weight is 526 g/mol. The summed E-state index contributed by atoms with van der Waals surface area (Å²) in [4.78, 5) is 15.3. The number of halogens is 3. The van der Waals surface area contributed by atoms with E-state index in [0.717, 1.165) is 48.2 Å². The third kappa shape index (κ3) is 3.59. The lowest BCUT2D eigenvalue weighted by atomic mass is 9.63. The number of hydrogen-bond acceptors (Lipinski definition) is 4. The van der Waals surface area contributed by atoms with Gasteiger partial charge in [-0.1, -0.05) is 61.7 Å². The molecule has 0 radical (unpaired) electrons. The molecule has 0 amide bonds. The number of para-hydroxylation sites is 2. The Kier molecular flexibility index (Phi) is 5.84. The van der Waals surface area contributed by atoms with Crippen molar-refractivity contribution < 1.29 is 23.4 Å². The zero-order valence-electron chi connectivity index (χ0n) is 20.9. The minimum absolute atomic E-state index is 0.237. The van der Waals surface area contributed by atoms with Crippen molar-refractivity contribution in [2.24, 2.45) is 5.92 Å². The molecule has 3 aliphatic rings. The molecule has 1 spiro atoms. The first-order valence-corrected chi connectivity index (χ1v) is 13.0. The van der Waals surface area contributed by atoms with Crippen LogP contribution in [0.5, 0.6) is 0 Å². The van der Waals surface area contributed by atoms with Gasteiger partial charge in [-0.3, -0.25) is 9.89 Å². The van der Waals surface area contributed by atoms with Crippen LogP contribution in [0, 0.1) is 5.92 Å². The molecular weight excluding hydrogens is 495 g/mol. The van der Waals surface area contributed by atoms with Crippen LogP contribution in [-0.4, -0.2) is 39.2 Å². The largest absolute Gasteiger partial charge is 0.433 e. The number of aromatic nitrogens is 2. The van der Waals surface area contributed by atoms with Crippen LogP contribution >= 0.6 is 0 Å². The van der Waals surface area contributed by atoms with Crippen molar-refractivity contribution in [3.05, 3.63) is 93.5 Å². The number of alkyl halides is 3. The molecule has 0 saturated heterocycles. The second kappa shape index (κ2) is 8.88. The van der Waals surface area contributed by atoms with Gasteiger partial charge in [0.1, 0.15) is 5.69 Å². The van der Waals surface area contributed by atoms with Crippen LogP contribution in [0.1, 0.15) is 54.8 Å². The Morgan fingerprint density at radius 1 is 0.974 bits per heavy atom. The lowest BCUT2D eigenvalue weighted by molar-refractivity contribution is -0.145. The predicted molar refractivity (Wildman–Crippen MR) is 137 cm³/mol. The van der Waals surface area contributed by atoms with Crippen molar-refractivity contribution in [1.29, 1.82) is 0 Å². The van der Waals surface area contributed by atoms with E-state index < -0.39 is 47.0 Å². The van der Waals surface area contributed by atoms with Crippen LogP contribution in [0.15, 0.2) is 71.2 Å². The molecule has 9 heteroatoms. The number of allylic oxidation sites excluding steroid dienone is 1. The molecule has 2 heterocycles. The van der Waals surface area contributed by atoms with E-state index in [1.807, 2.05) is 31.3 Å². The molecule has 1 aliphatic heterocycles. The molecule has 2 aromatic carbocycles. The number of rotatable bonds is 3. The quantitative estimate of drug-likeness (QED) is 0.457. The van der Waals surface area contributed by atoms with E-state index in [0.29, 0.717) is 0 Å². The van der Waals surface area contributed by atoms with Gasteiger partial charge in [0.2, 0.25) is 0 Å².